The molecule has 6 aromatic carbocycles. The molecule has 0 N–H and O–H groups in total. The first-order valence-corrected chi connectivity index (χ1v) is 22.9. The minimum atomic E-state index is -3.68. The molecule has 0 fully saturated rings. The normalized spacial score (nSPS) is 13.1. The SMILES string of the molecule is Cc1cc([S+](c2ccc(S(=O)(=O)c3ccccc3)cc2)c2cc(C(C)(C)C)ccc2C)c(C(C)(C)C)cc1Sc1ccc(S(=O)(=O)c2ccccc2)cc1. The third-order valence-electron chi connectivity index (χ3n) is 9.42. The molecule has 0 radical (unpaired) electrons. The van der Waals surface area contributed by atoms with Crippen molar-refractivity contribution in [1.29, 1.82) is 0 Å². The lowest BCUT2D eigenvalue weighted by molar-refractivity contribution is 0.575. The van der Waals surface area contributed by atoms with Crippen LogP contribution < -0.4 is 0 Å². The van der Waals surface area contributed by atoms with E-state index in [4.69, 9.17) is 0 Å². The number of rotatable bonds is 9. The fraction of sp³-hybridized carbons (Fsp3) is 0.217. The molecule has 1 unspecified atom stereocenters. The molecule has 0 aliphatic rings. The standard InChI is InChI=1S/C46H47O4S4/c1-32-19-20-34(45(3,4)5)30-43(32)52(36-23-27-40(28-24-36)54(49,50)38-17-13-10-14-18-38)44-29-33(2)42(31-41(44)46(6,7)8)51-35-21-25-39(26-22-35)53(47,48)37-15-11-9-12-16-37/h9-31H,1-8H3/q+1. The number of hydrogen-bond acceptors (Lipinski definition) is 5. The predicted molar refractivity (Wildman–Crippen MR) is 223 cm³/mol. The van der Waals surface area contributed by atoms with Crippen molar-refractivity contribution in [1.82, 2.24) is 0 Å². The summed E-state index contributed by atoms with van der Waals surface area (Å²) >= 11 is 1.62. The quantitative estimate of drug-likeness (QED) is 0.136. The summed E-state index contributed by atoms with van der Waals surface area (Å²) in [5, 5.41) is 0. The maximum absolute atomic E-state index is 13.6. The molecule has 6 rings (SSSR count). The van der Waals surface area contributed by atoms with E-state index in [0.717, 1.165) is 20.2 Å². The van der Waals surface area contributed by atoms with Gasteiger partial charge in [-0.05, 0) is 127 Å². The van der Waals surface area contributed by atoms with Gasteiger partial charge < -0.3 is 0 Å². The Kier molecular flexibility index (Phi) is 11.2. The molecule has 54 heavy (non-hydrogen) atoms. The minimum absolute atomic E-state index is 0.0651. The Labute approximate surface area is 329 Å². The van der Waals surface area contributed by atoms with Gasteiger partial charge in [0.25, 0.3) is 0 Å². The Hall–Kier alpha value is -4.08. The van der Waals surface area contributed by atoms with E-state index in [1.807, 2.05) is 30.3 Å². The van der Waals surface area contributed by atoms with Gasteiger partial charge in [-0.25, -0.2) is 16.8 Å². The molecule has 1 atom stereocenters. The summed E-state index contributed by atoms with van der Waals surface area (Å²) in [7, 11) is -7.87. The van der Waals surface area contributed by atoms with E-state index in [2.05, 4.69) is 85.7 Å². The van der Waals surface area contributed by atoms with Gasteiger partial charge in [0.15, 0.2) is 14.7 Å². The molecule has 0 spiro atoms. The van der Waals surface area contributed by atoms with Gasteiger partial charge >= 0.3 is 0 Å². The van der Waals surface area contributed by atoms with Crippen LogP contribution in [-0.4, -0.2) is 16.8 Å². The first-order chi connectivity index (χ1) is 25.4. The highest BCUT2D eigenvalue weighted by Gasteiger charge is 2.38. The van der Waals surface area contributed by atoms with E-state index >= 15 is 0 Å². The largest absolute Gasteiger partial charge is 0.219 e. The molecule has 6 aromatic rings. The molecule has 0 saturated heterocycles. The van der Waals surface area contributed by atoms with Crippen molar-refractivity contribution in [3.63, 3.8) is 0 Å². The second-order valence-corrected chi connectivity index (χ2v) is 22.6. The number of hydrogen-bond donors (Lipinski definition) is 0. The summed E-state index contributed by atoms with van der Waals surface area (Å²) in [6.45, 7) is 17.7. The first-order valence-electron chi connectivity index (χ1n) is 17.9. The summed E-state index contributed by atoms with van der Waals surface area (Å²) in [6.07, 6.45) is 0. The van der Waals surface area contributed by atoms with Crippen molar-refractivity contribution in [3.05, 3.63) is 162 Å². The van der Waals surface area contributed by atoms with Gasteiger partial charge in [-0.2, -0.15) is 0 Å². The van der Waals surface area contributed by atoms with Crippen LogP contribution in [0.5, 0.6) is 0 Å². The maximum atomic E-state index is 13.6. The van der Waals surface area contributed by atoms with Crippen molar-refractivity contribution >= 4 is 42.3 Å². The molecule has 0 heterocycles. The summed E-state index contributed by atoms with van der Waals surface area (Å²) in [6, 6.07) is 43.0. The van der Waals surface area contributed by atoms with Crippen molar-refractivity contribution < 1.29 is 16.8 Å². The molecule has 4 nitrogen and oxygen atoms in total. The Balaban J connectivity index is 1.46. The lowest BCUT2D eigenvalue weighted by Gasteiger charge is -2.25. The van der Waals surface area contributed by atoms with Crippen molar-refractivity contribution in [3.8, 4) is 0 Å². The third kappa shape index (κ3) is 8.27. The van der Waals surface area contributed by atoms with Crippen LogP contribution in [0, 0.1) is 13.8 Å². The second kappa shape index (κ2) is 15.2. The zero-order chi connectivity index (χ0) is 39.1. The van der Waals surface area contributed by atoms with Crippen LogP contribution >= 0.6 is 11.8 Å². The number of sulfone groups is 2. The average molecular weight is 792 g/mol. The van der Waals surface area contributed by atoms with Gasteiger partial charge in [-0.1, -0.05) is 102 Å². The van der Waals surface area contributed by atoms with E-state index < -0.39 is 30.6 Å². The molecule has 278 valence electrons. The van der Waals surface area contributed by atoms with Gasteiger partial charge in [0, 0.05) is 20.9 Å². The van der Waals surface area contributed by atoms with Gasteiger partial charge in [0.1, 0.15) is 0 Å². The van der Waals surface area contributed by atoms with Crippen LogP contribution in [-0.2, 0) is 41.4 Å². The van der Waals surface area contributed by atoms with E-state index in [-0.39, 0.29) is 30.4 Å². The molecule has 0 saturated carbocycles. The molecule has 0 aliphatic carbocycles. The van der Waals surface area contributed by atoms with E-state index in [1.54, 1.807) is 90.6 Å². The molecular weight excluding hydrogens is 745 g/mol. The number of aryl methyl sites for hydroxylation is 2. The zero-order valence-corrected chi connectivity index (χ0v) is 35.3. The lowest BCUT2D eigenvalue weighted by atomic mass is 9.86. The van der Waals surface area contributed by atoms with Gasteiger partial charge in [0.2, 0.25) is 19.7 Å². The van der Waals surface area contributed by atoms with E-state index in [9.17, 15) is 16.8 Å². The van der Waals surface area contributed by atoms with Gasteiger partial charge in [-0.3, -0.25) is 0 Å². The molecule has 0 aromatic heterocycles. The van der Waals surface area contributed by atoms with Crippen LogP contribution in [0.2, 0.25) is 0 Å². The van der Waals surface area contributed by atoms with Crippen LogP contribution in [0.1, 0.15) is 63.8 Å². The maximum Gasteiger partial charge on any atom is 0.206 e. The van der Waals surface area contributed by atoms with Crippen molar-refractivity contribution in [2.75, 3.05) is 0 Å². The third-order valence-corrected chi connectivity index (χ3v) is 16.6. The summed E-state index contributed by atoms with van der Waals surface area (Å²) in [5.74, 6) is 0. The second-order valence-electron chi connectivity index (χ2n) is 15.6. The highest BCUT2D eigenvalue weighted by molar-refractivity contribution is 7.99. The van der Waals surface area contributed by atoms with Gasteiger partial charge in [0.05, 0.1) is 30.5 Å². The Morgan fingerprint density at radius 1 is 0.481 bits per heavy atom. The van der Waals surface area contributed by atoms with E-state index in [1.165, 1.54) is 26.5 Å². The molecule has 8 heteroatoms. The Morgan fingerprint density at radius 2 is 0.963 bits per heavy atom. The highest BCUT2D eigenvalue weighted by atomic mass is 32.2. The molecule has 0 bridgehead atoms. The van der Waals surface area contributed by atoms with Crippen LogP contribution in [0.4, 0.5) is 0 Å². The highest BCUT2D eigenvalue weighted by Crippen LogP contribution is 2.44. The van der Waals surface area contributed by atoms with Crippen LogP contribution in [0.15, 0.2) is 184 Å². The van der Waals surface area contributed by atoms with Gasteiger partial charge in [-0.15, -0.1) is 0 Å². The Morgan fingerprint density at radius 3 is 1.44 bits per heavy atom. The number of benzene rings is 6. The monoisotopic (exact) mass is 791 g/mol. The zero-order valence-electron chi connectivity index (χ0n) is 32.0. The van der Waals surface area contributed by atoms with Crippen molar-refractivity contribution in [2.24, 2.45) is 0 Å². The molecular formula is C46H47O4S4+. The summed E-state index contributed by atoms with van der Waals surface area (Å²) in [4.78, 5) is 6.56. The average Bonchev–Trinajstić information content (AvgIpc) is 3.13. The van der Waals surface area contributed by atoms with Crippen LogP contribution in [0.3, 0.4) is 0 Å². The lowest BCUT2D eigenvalue weighted by Crippen LogP contribution is -2.20. The predicted octanol–water partition coefficient (Wildman–Crippen LogP) is 11.8. The summed E-state index contributed by atoms with van der Waals surface area (Å²) in [5.41, 5.74) is 4.42. The van der Waals surface area contributed by atoms with Crippen LogP contribution in [0.25, 0.3) is 0 Å². The molecule has 0 amide bonds. The Bertz CT molecular complexity index is 2500. The fourth-order valence-electron chi connectivity index (χ4n) is 6.23. The van der Waals surface area contributed by atoms with Crippen molar-refractivity contribution in [2.45, 2.75) is 110 Å². The minimum Gasteiger partial charge on any atom is -0.219 e. The fourth-order valence-corrected chi connectivity index (χ4v) is 12.4. The topological polar surface area (TPSA) is 68.3 Å². The smallest absolute Gasteiger partial charge is 0.206 e. The van der Waals surface area contributed by atoms with E-state index in [0.29, 0.717) is 0 Å². The molecule has 0 aliphatic heterocycles. The summed E-state index contributed by atoms with van der Waals surface area (Å²) < 4.78 is 53.7. The first kappa shape index (κ1) is 39.6.